The molecule has 0 saturated heterocycles. The second-order valence-corrected chi connectivity index (χ2v) is 5.95. The summed E-state index contributed by atoms with van der Waals surface area (Å²) in [4.78, 5) is 29.2. The number of hydrogen-bond donors (Lipinski definition) is 1. The molecule has 0 aliphatic rings. The second-order valence-electron chi connectivity index (χ2n) is 4.37. The third-order valence-corrected chi connectivity index (χ3v) is 4.10. The van der Waals surface area contributed by atoms with Gasteiger partial charge in [-0.3, -0.25) is 4.79 Å². The Labute approximate surface area is 132 Å². The van der Waals surface area contributed by atoms with Gasteiger partial charge >= 0.3 is 11.9 Å². The molecular formula is C12H4ClF4N3O2S. The molecule has 2 heterocycles. The number of hydrogen-bond acceptors (Lipinski definition) is 4. The lowest BCUT2D eigenvalue weighted by molar-refractivity contribution is -0.141. The van der Waals surface area contributed by atoms with Crippen molar-refractivity contribution in [3.05, 3.63) is 55.0 Å². The monoisotopic (exact) mass is 365 g/mol. The molecule has 1 aromatic carbocycles. The highest BCUT2D eigenvalue weighted by Crippen LogP contribution is 2.32. The summed E-state index contributed by atoms with van der Waals surface area (Å²) >= 11 is 6.52. The summed E-state index contributed by atoms with van der Waals surface area (Å²) in [5.41, 5.74) is -4.54. The minimum absolute atomic E-state index is 0.0308. The van der Waals surface area contributed by atoms with Crippen LogP contribution in [0.4, 0.5) is 17.6 Å². The lowest BCUT2D eigenvalue weighted by Crippen LogP contribution is -2.36. The maximum absolute atomic E-state index is 14.1. The summed E-state index contributed by atoms with van der Waals surface area (Å²) in [6.07, 6.45) is -4.91. The van der Waals surface area contributed by atoms with E-state index >= 15 is 0 Å². The van der Waals surface area contributed by atoms with E-state index in [2.05, 4.69) is 4.98 Å². The van der Waals surface area contributed by atoms with Gasteiger partial charge in [0.25, 0.3) is 5.56 Å². The summed E-state index contributed by atoms with van der Waals surface area (Å²) in [7, 11) is 0. The number of alkyl halides is 3. The van der Waals surface area contributed by atoms with E-state index in [4.69, 9.17) is 11.6 Å². The van der Waals surface area contributed by atoms with Gasteiger partial charge in [0.2, 0.25) is 0 Å². The van der Waals surface area contributed by atoms with Gasteiger partial charge in [0.15, 0.2) is 4.47 Å². The minimum atomic E-state index is -4.91. The van der Waals surface area contributed by atoms with Crippen LogP contribution in [0.25, 0.3) is 15.9 Å². The van der Waals surface area contributed by atoms with Crippen LogP contribution in [0.2, 0.25) is 4.47 Å². The highest BCUT2D eigenvalue weighted by molar-refractivity contribution is 7.22. The van der Waals surface area contributed by atoms with Crippen molar-refractivity contribution < 1.29 is 17.6 Å². The Kier molecular flexibility index (Phi) is 3.52. The minimum Gasteiger partial charge on any atom is -0.303 e. The van der Waals surface area contributed by atoms with Crippen molar-refractivity contribution in [2.45, 2.75) is 6.18 Å². The van der Waals surface area contributed by atoms with Crippen molar-refractivity contribution in [3.63, 3.8) is 0 Å². The lowest BCUT2D eigenvalue weighted by atomic mass is 10.2. The molecule has 2 aromatic heterocycles. The standard InChI is InChI=1S/C12H4ClF4N3O2S/c13-10-18-5-2-1-4(14)8(9(5)23-10)20-7(21)3-6(12(15,16)17)19-11(20)22/h1-3H,(H,19,22). The zero-order chi connectivity index (χ0) is 16.9. The normalized spacial score (nSPS) is 12.0. The first kappa shape index (κ1) is 15.7. The van der Waals surface area contributed by atoms with E-state index in [0.717, 1.165) is 17.4 Å². The number of H-pyrrole nitrogens is 1. The first-order valence-corrected chi connectivity index (χ1v) is 7.06. The van der Waals surface area contributed by atoms with Crippen LogP contribution in [0.15, 0.2) is 27.8 Å². The average Bonchev–Trinajstić information content (AvgIpc) is 2.80. The number of aromatic amines is 1. The van der Waals surface area contributed by atoms with Crippen LogP contribution in [0.3, 0.4) is 0 Å². The highest BCUT2D eigenvalue weighted by atomic mass is 35.5. The van der Waals surface area contributed by atoms with E-state index in [1.165, 1.54) is 11.1 Å². The molecule has 0 saturated carbocycles. The van der Waals surface area contributed by atoms with Gasteiger partial charge in [-0.15, -0.1) is 11.3 Å². The molecule has 5 nitrogen and oxygen atoms in total. The van der Waals surface area contributed by atoms with E-state index in [1.54, 1.807) is 0 Å². The van der Waals surface area contributed by atoms with Crippen molar-refractivity contribution in [1.29, 1.82) is 0 Å². The quantitative estimate of drug-likeness (QED) is 0.674. The molecule has 3 rings (SSSR count). The smallest absolute Gasteiger partial charge is 0.303 e. The summed E-state index contributed by atoms with van der Waals surface area (Å²) in [5, 5.41) is 0. The van der Waals surface area contributed by atoms with Crippen LogP contribution >= 0.6 is 22.9 Å². The average molecular weight is 366 g/mol. The lowest BCUT2D eigenvalue weighted by Gasteiger charge is -2.10. The third kappa shape index (κ3) is 2.63. The fourth-order valence-corrected chi connectivity index (χ4v) is 3.13. The number of thiazole rings is 1. The maximum Gasteiger partial charge on any atom is 0.431 e. The van der Waals surface area contributed by atoms with Gasteiger partial charge in [0.1, 0.15) is 17.2 Å². The van der Waals surface area contributed by atoms with Gasteiger partial charge in [-0.2, -0.15) is 13.2 Å². The molecule has 0 bridgehead atoms. The van der Waals surface area contributed by atoms with Crippen molar-refractivity contribution in [2.75, 3.05) is 0 Å². The molecule has 1 N–H and O–H groups in total. The summed E-state index contributed by atoms with van der Waals surface area (Å²) in [5.74, 6) is -0.967. The molecule has 0 unspecified atom stereocenters. The predicted molar refractivity (Wildman–Crippen MR) is 75.8 cm³/mol. The molecule has 0 aliphatic carbocycles. The maximum atomic E-state index is 14.1. The summed E-state index contributed by atoms with van der Waals surface area (Å²) in [6.45, 7) is 0. The Morgan fingerprint density at radius 2 is 1.96 bits per heavy atom. The molecule has 3 aromatic rings. The van der Waals surface area contributed by atoms with Crippen LogP contribution < -0.4 is 11.2 Å². The molecule has 120 valence electrons. The summed E-state index contributed by atoms with van der Waals surface area (Å²) < 4.78 is 52.3. The Morgan fingerprint density at radius 3 is 2.57 bits per heavy atom. The van der Waals surface area contributed by atoms with E-state index in [0.29, 0.717) is 0 Å². The molecule has 0 fully saturated rings. The van der Waals surface area contributed by atoms with E-state index in [-0.39, 0.29) is 25.3 Å². The predicted octanol–water partition coefficient (Wildman–Crippen LogP) is 2.95. The molecule has 0 spiro atoms. The number of aromatic nitrogens is 3. The fourth-order valence-electron chi connectivity index (χ4n) is 1.99. The topological polar surface area (TPSA) is 67.8 Å². The second kappa shape index (κ2) is 5.17. The van der Waals surface area contributed by atoms with Gasteiger partial charge < -0.3 is 4.98 Å². The Hall–Kier alpha value is -2.20. The molecule has 0 aliphatic heterocycles. The fraction of sp³-hybridized carbons (Fsp3) is 0.0833. The molecular weight excluding hydrogens is 362 g/mol. The molecule has 0 atom stereocenters. The SMILES string of the molecule is O=c1cc(C(F)(F)F)[nH]c(=O)n1-c1c(F)ccc2nc(Cl)sc12. The number of nitrogens with one attached hydrogen (secondary N) is 1. The summed E-state index contributed by atoms with van der Waals surface area (Å²) in [6, 6.07) is 2.40. The number of benzene rings is 1. The van der Waals surface area contributed by atoms with Crippen molar-refractivity contribution >= 4 is 33.2 Å². The Morgan fingerprint density at radius 1 is 1.26 bits per heavy atom. The number of fused-ring (bicyclic) bond motifs is 1. The number of halogens is 5. The van der Waals surface area contributed by atoms with Gasteiger partial charge in [0, 0.05) is 6.07 Å². The Bertz CT molecular complexity index is 1010. The molecule has 0 amide bonds. The van der Waals surface area contributed by atoms with Gasteiger partial charge in [0.05, 0.1) is 10.2 Å². The van der Waals surface area contributed by atoms with Crippen molar-refractivity contribution in [3.8, 4) is 5.69 Å². The largest absolute Gasteiger partial charge is 0.431 e. The molecule has 23 heavy (non-hydrogen) atoms. The highest BCUT2D eigenvalue weighted by Gasteiger charge is 2.33. The first-order chi connectivity index (χ1) is 10.7. The van der Waals surface area contributed by atoms with Crippen LogP contribution in [0.1, 0.15) is 5.69 Å². The zero-order valence-corrected chi connectivity index (χ0v) is 12.3. The first-order valence-electron chi connectivity index (χ1n) is 5.87. The molecule has 11 heteroatoms. The number of nitrogens with zero attached hydrogens (tertiary/aromatic N) is 2. The van der Waals surface area contributed by atoms with Gasteiger partial charge in [-0.1, -0.05) is 11.6 Å². The van der Waals surface area contributed by atoms with Crippen LogP contribution in [0, 0.1) is 5.82 Å². The van der Waals surface area contributed by atoms with Gasteiger partial charge in [-0.25, -0.2) is 18.7 Å². The van der Waals surface area contributed by atoms with E-state index < -0.39 is 34.6 Å². The van der Waals surface area contributed by atoms with Gasteiger partial charge in [-0.05, 0) is 12.1 Å². The molecule has 0 radical (unpaired) electrons. The van der Waals surface area contributed by atoms with Crippen LogP contribution in [0.5, 0.6) is 0 Å². The van der Waals surface area contributed by atoms with Crippen molar-refractivity contribution in [1.82, 2.24) is 14.5 Å². The number of rotatable bonds is 1. The third-order valence-electron chi connectivity index (χ3n) is 2.92. The van der Waals surface area contributed by atoms with Crippen LogP contribution in [-0.2, 0) is 6.18 Å². The van der Waals surface area contributed by atoms with E-state index in [1.807, 2.05) is 0 Å². The Balaban J connectivity index is 2.39. The van der Waals surface area contributed by atoms with Crippen molar-refractivity contribution in [2.24, 2.45) is 0 Å². The van der Waals surface area contributed by atoms with Crippen LogP contribution in [-0.4, -0.2) is 14.5 Å². The zero-order valence-electron chi connectivity index (χ0n) is 10.7. The van der Waals surface area contributed by atoms with E-state index in [9.17, 15) is 27.2 Å².